The molecule has 4 heterocycles. The Morgan fingerprint density at radius 2 is 2.03 bits per heavy atom. The lowest BCUT2D eigenvalue weighted by molar-refractivity contribution is -0.119. The van der Waals surface area contributed by atoms with Crippen LogP contribution in [0, 0.1) is 0 Å². The monoisotopic (exact) mass is 461 g/mol. The molecule has 1 aromatic carbocycles. The number of nitrogens with one attached hydrogen (secondary N) is 1. The topological polar surface area (TPSA) is 89.3 Å². The molecule has 0 aliphatic carbocycles. The number of benzene rings is 1. The van der Waals surface area contributed by atoms with Gasteiger partial charge in [-0.25, -0.2) is 4.98 Å². The number of hydrogen-bond donors (Lipinski definition) is 1. The molecule has 4 aromatic rings. The highest BCUT2D eigenvalue weighted by molar-refractivity contribution is 7.10. The zero-order chi connectivity index (χ0) is 22.9. The van der Waals surface area contributed by atoms with Crippen molar-refractivity contribution in [2.75, 3.05) is 25.6 Å². The van der Waals surface area contributed by atoms with Crippen LogP contribution in [0.1, 0.15) is 20.8 Å². The first-order chi connectivity index (χ1) is 16.0. The van der Waals surface area contributed by atoms with E-state index < -0.39 is 0 Å². The van der Waals surface area contributed by atoms with E-state index >= 15 is 0 Å². The molecule has 1 N–H and O–H groups in total. The molecule has 168 valence electrons. The Bertz CT molecular complexity index is 1350. The fourth-order valence-electron chi connectivity index (χ4n) is 4.27. The molecule has 0 saturated heterocycles. The predicted molar refractivity (Wildman–Crippen MR) is 127 cm³/mol. The van der Waals surface area contributed by atoms with Gasteiger partial charge in [-0.05, 0) is 47.7 Å². The molecule has 1 aliphatic rings. The zero-order valence-electron chi connectivity index (χ0n) is 18.4. The third kappa shape index (κ3) is 4.01. The average molecular weight is 462 g/mol. The third-order valence-corrected chi connectivity index (χ3v) is 6.82. The van der Waals surface area contributed by atoms with Gasteiger partial charge < -0.3 is 19.5 Å². The van der Waals surface area contributed by atoms with Crippen LogP contribution in [-0.2, 0) is 29.5 Å². The molecule has 0 spiro atoms. The second-order valence-electron chi connectivity index (χ2n) is 7.95. The van der Waals surface area contributed by atoms with E-state index in [0.29, 0.717) is 29.9 Å². The maximum atomic E-state index is 13.7. The number of fused-ring (bicyclic) bond motifs is 2. The molecule has 0 fully saturated rings. The van der Waals surface area contributed by atoms with Crippen molar-refractivity contribution in [2.24, 2.45) is 7.05 Å². The highest BCUT2D eigenvalue weighted by Gasteiger charge is 2.26. The molecule has 0 bridgehead atoms. The van der Waals surface area contributed by atoms with Crippen molar-refractivity contribution < 1.29 is 14.3 Å². The van der Waals surface area contributed by atoms with Gasteiger partial charge in [0.25, 0.3) is 5.91 Å². The maximum Gasteiger partial charge on any atom is 0.256 e. The number of amides is 2. The van der Waals surface area contributed by atoms with Crippen LogP contribution in [0.3, 0.4) is 0 Å². The lowest BCUT2D eigenvalue weighted by Gasteiger charge is -2.27. The summed E-state index contributed by atoms with van der Waals surface area (Å²) in [7, 11) is 3.37. The number of methoxy groups -OCH3 is 1. The largest absolute Gasteiger partial charge is 0.375 e. The Kier molecular flexibility index (Phi) is 5.65. The summed E-state index contributed by atoms with van der Waals surface area (Å²) >= 11 is 1.74. The molecule has 33 heavy (non-hydrogen) atoms. The number of imidazole rings is 1. The van der Waals surface area contributed by atoms with Gasteiger partial charge in [0.2, 0.25) is 5.91 Å². The van der Waals surface area contributed by atoms with E-state index in [2.05, 4.69) is 21.7 Å². The molecule has 0 radical (unpaired) electrons. The minimum atomic E-state index is -0.290. The predicted octanol–water partition coefficient (Wildman–Crippen LogP) is 3.48. The number of nitrogens with zero attached hydrogens (tertiary/aromatic N) is 4. The molecular weight excluding hydrogens is 438 g/mol. The second-order valence-corrected chi connectivity index (χ2v) is 8.95. The van der Waals surface area contributed by atoms with Crippen LogP contribution < -0.4 is 5.32 Å². The summed E-state index contributed by atoms with van der Waals surface area (Å²) in [5, 5.41) is 4.90. The van der Waals surface area contributed by atoms with Gasteiger partial charge in [-0.2, -0.15) is 0 Å². The number of thiophene rings is 1. The number of carbonyl (C=O) groups excluding carboxylic acids is 2. The normalized spacial score (nSPS) is 13.2. The first-order valence-electron chi connectivity index (χ1n) is 10.6. The summed E-state index contributed by atoms with van der Waals surface area (Å²) < 4.78 is 6.86. The number of rotatable bonds is 5. The van der Waals surface area contributed by atoms with Crippen LogP contribution in [-0.4, -0.2) is 51.5 Å². The molecule has 9 heteroatoms. The van der Waals surface area contributed by atoms with Crippen LogP contribution in [0.15, 0.2) is 48.1 Å². The smallest absolute Gasteiger partial charge is 0.256 e. The van der Waals surface area contributed by atoms with E-state index in [1.165, 1.54) is 17.6 Å². The van der Waals surface area contributed by atoms with Crippen molar-refractivity contribution in [3.8, 4) is 11.4 Å². The van der Waals surface area contributed by atoms with Crippen molar-refractivity contribution >= 4 is 39.9 Å². The molecule has 0 saturated carbocycles. The van der Waals surface area contributed by atoms with E-state index in [-0.39, 0.29) is 18.4 Å². The van der Waals surface area contributed by atoms with Crippen LogP contribution >= 0.6 is 11.3 Å². The van der Waals surface area contributed by atoms with Crippen LogP contribution in [0.4, 0.5) is 5.69 Å². The average Bonchev–Trinajstić information content (AvgIpc) is 3.42. The Morgan fingerprint density at radius 1 is 1.21 bits per heavy atom. The lowest BCUT2D eigenvalue weighted by Crippen LogP contribution is -2.35. The molecule has 5 rings (SSSR count). The van der Waals surface area contributed by atoms with Gasteiger partial charge in [-0.15, -0.1) is 11.3 Å². The van der Waals surface area contributed by atoms with Crippen molar-refractivity contribution in [3.63, 3.8) is 0 Å². The van der Waals surface area contributed by atoms with Gasteiger partial charge in [0.05, 0.1) is 16.6 Å². The Balaban J connectivity index is 1.61. The fraction of sp³-hybridized carbons (Fsp3) is 0.250. The quantitative estimate of drug-likeness (QED) is 0.492. The van der Waals surface area contributed by atoms with Crippen LogP contribution in [0.5, 0.6) is 0 Å². The summed E-state index contributed by atoms with van der Waals surface area (Å²) in [6.07, 6.45) is 4.27. The second kappa shape index (κ2) is 8.76. The van der Waals surface area contributed by atoms with Crippen LogP contribution in [0.2, 0.25) is 0 Å². The van der Waals surface area contributed by atoms with E-state index in [0.717, 1.165) is 23.3 Å². The van der Waals surface area contributed by atoms with Gasteiger partial charge >= 0.3 is 0 Å². The number of anilines is 1. The molecule has 8 nitrogen and oxygen atoms in total. The molecule has 0 atom stereocenters. The molecule has 0 unspecified atom stereocenters. The van der Waals surface area contributed by atoms with Crippen molar-refractivity contribution in [1.82, 2.24) is 19.4 Å². The summed E-state index contributed by atoms with van der Waals surface area (Å²) in [6, 6.07) is 9.37. The maximum absolute atomic E-state index is 13.7. The Hall–Kier alpha value is -3.56. The van der Waals surface area contributed by atoms with Gasteiger partial charge in [-0.3, -0.25) is 14.6 Å². The number of aromatic nitrogens is 3. The minimum absolute atomic E-state index is 0.0706. The van der Waals surface area contributed by atoms with Crippen molar-refractivity contribution in [1.29, 1.82) is 0 Å². The summed E-state index contributed by atoms with van der Waals surface area (Å²) in [5.74, 6) is 0.353. The Labute approximate surface area is 194 Å². The zero-order valence-corrected chi connectivity index (χ0v) is 19.2. The van der Waals surface area contributed by atoms with E-state index in [1.54, 1.807) is 35.9 Å². The van der Waals surface area contributed by atoms with E-state index in [9.17, 15) is 9.59 Å². The van der Waals surface area contributed by atoms with E-state index in [4.69, 9.17) is 9.72 Å². The number of pyridine rings is 1. The van der Waals surface area contributed by atoms with Gasteiger partial charge in [-0.1, -0.05) is 0 Å². The molecular formula is C24H23N5O3S. The van der Waals surface area contributed by atoms with Crippen molar-refractivity contribution in [2.45, 2.75) is 13.0 Å². The summed E-state index contributed by atoms with van der Waals surface area (Å²) in [5.41, 5.74) is 4.48. The summed E-state index contributed by atoms with van der Waals surface area (Å²) in [6.45, 7) is 1.16. The number of hydrogen-bond acceptors (Lipinski definition) is 6. The highest BCUT2D eigenvalue weighted by Crippen LogP contribution is 2.31. The first-order valence-corrected chi connectivity index (χ1v) is 11.5. The number of aryl methyl sites for hydroxylation is 1. The Morgan fingerprint density at radius 3 is 2.82 bits per heavy atom. The van der Waals surface area contributed by atoms with Gasteiger partial charge in [0.1, 0.15) is 12.4 Å². The van der Waals surface area contributed by atoms with Crippen molar-refractivity contribution in [3.05, 3.63) is 64.1 Å². The lowest BCUT2D eigenvalue weighted by atomic mass is 10.1. The third-order valence-electron chi connectivity index (χ3n) is 5.79. The fourth-order valence-corrected chi connectivity index (χ4v) is 5.16. The standard InChI is InChI=1S/C24H23N5O3S/c1-28-22-18(24(31)29-9-5-20-16(13-29)6-10-33-20)11-17(26-21(30)14-32-2)12-19(22)27-23(28)15-3-7-25-8-4-15/h3-4,6-8,10-12H,5,9,13-14H2,1-2H3,(H,26,30). The SMILES string of the molecule is COCC(=O)Nc1cc(C(=O)N2CCc3sccc3C2)c2c(c1)nc(-c1ccncc1)n2C. The minimum Gasteiger partial charge on any atom is -0.375 e. The van der Waals surface area contributed by atoms with Gasteiger partial charge in [0, 0.05) is 55.8 Å². The van der Waals surface area contributed by atoms with Gasteiger partial charge in [0.15, 0.2) is 0 Å². The van der Waals surface area contributed by atoms with Crippen LogP contribution in [0.25, 0.3) is 22.4 Å². The molecule has 1 aliphatic heterocycles. The highest BCUT2D eigenvalue weighted by atomic mass is 32.1. The number of carbonyl (C=O) groups is 2. The summed E-state index contributed by atoms with van der Waals surface area (Å²) in [4.78, 5) is 38.0. The number of ether oxygens (including phenoxy) is 1. The van der Waals surface area contributed by atoms with E-state index in [1.807, 2.05) is 28.6 Å². The first kappa shape index (κ1) is 21.3. The molecule has 3 aromatic heterocycles. The molecule has 2 amide bonds.